The number of nitrogens with two attached hydrogens (primary N) is 1. The van der Waals surface area contributed by atoms with Crippen molar-refractivity contribution < 1.29 is 0 Å². The average molecular weight is 218 g/mol. The Morgan fingerprint density at radius 1 is 1.25 bits per heavy atom. The van der Waals surface area contributed by atoms with Gasteiger partial charge in [-0.25, -0.2) is 0 Å². The number of hydrogen-bond donors (Lipinski definition) is 2. The summed E-state index contributed by atoms with van der Waals surface area (Å²) in [6.07, 6.45) is 2.61. The van der Waals surface area contributed by atoms with Crippen LogP contribution in [0.15, 0.2) is 12.1 Å². The van der Waals surface area contributed by atoms with E-state index in [4.69, 9.17) is 5.73 Å². The third-order valence-electron chi connectivity index (χ3n) is 3.34. The van der Waals surface area contributed by atoms with Crippen LogP contribution in [-0.2, 0) is 0 Å². The fourth-order valence-corrected chi connectivity index (χ4v) is 2.54. The maximum Gasteiger partial charge on any atom is 0.0451 e. The Hall–Kier alpha value is -0.860. The van der Waals surface area contributed by atoms with E-state index in [0.717, 1.165) is 0 Å². The third-order valence-corrected chi connectivity index (χ3v) is 3.34. The number of rotatable bonds is 4. The van der Waals surface area contributed by atoms with Gasteiger partial charge in [-0.1, -0.05) is 17.7 Å². The second kappa shape index (κ2) is 4.56. The highest BCUT2D eigenvalue weighted by atomic mass is 15.0. The van der Waals surface area contributed by atoms with Crippen LogP contribution < -0.4 is 11.1 Å². The zero-order chi connectivity index (χ0) is 11.7. The van der Waals surface area contributed by atoms with Gasteiger partial charge in [0.25, 0.3) is 0 Å². The van der Waals surface area contributed by atoms with Crippen LogP contribution in [0, 0.1) is 20.8 Å². The van der Waals surface area contributed by atoms with E-state index in [1.165, 1.54) is 35.1 Å². The molecular weight excluding hydrogens is 196 g/mol. The Kier molecular flexibility index (Phi) is 3.31. The molecule has 88 valence electrons. The summed E-state index contributed by atoms with van der Waals surface area (Å²) in [5.41, 5.74) is 11.4. The molecule has 16 heavy (non-hydrogen) atoms. The van der Waals surface area contributed by atoms with Gasteiger partial charge in [-0.3, -0.25) is 0 Å². The molecule has 1 aromatic carbocycles. The van der Waals surface area contributed by atoms with Gasteiger partial charge in [0.2, 0.25) is 0 Å². The lowest BCUT2D eigenvalue weighted by Crippen LogP contribution is -2.31. The first-order valence-electron chi connectivity index (χ1n) is 6.15. The maximum absolute atomic E-state index is 5.89. The zero-order valence-electron chi connectivity index (χ0n) is 10.5. The molecule has 0 amide bonds. The van der Waals surface area contributed by atoms with Gasteiger partial charge >= 0.3 is 0 Å². The third kappa shape index (κ3) is 2.45. The second-order valence-electron chi connectivity index (χ2n) is 5.04. The predicted octanol–water partition coefficient (Wildman–Crippen LogP) is 2.36. The van der Waals surface area contributed by atoms with E-state index in [-0.39, 0.29) is 0 Å². The van der Waals surface area contributed by atoms with Gasteiger partial charge in [-0.2, -0.15) is 0 Å². The molecule has 0 heterocycles. The Morgan fingerprint density at radius 2 is 1.81 bits per heavy atom. The monoisotopic (exact) mass is 218 g/mol. The largest absolute Gasteiger partial charge is 0.329 e. The van der Waals surface area contributed by atoms with Gasteiger partial charge in [-0.05, 0) is 50.3 Å². The van der Waals surface area contributed by atoms with Crippen molar-refractivity contribution in [2.45, 2.75) is 45.7 Å². The number of hydrogen-bond acceptors (Lipinski definition) is 2. The Labute approximate surface area is 98.2 Å². The molecule has 2 heteroatoms. The lowest BCUT2D eigenvalue weighted by molar-refractivity contribution is 0.534. The van der Waals surface area contributed by atoms with Crippen LogP contribution >= 0.6 is 0 Å². The van der Waals surface area contributed by atoms with Crippen molar-refractivity contribution in [1.82, 2.24) is 5.32 Å². The maximum atomic E-state index is 5.89. The highest BCUT2D eigenvalue weighted by Crippen LogP contribution is 2.27. The standard InChI is InChI=1S/C14H22N2/c1-9-6-10(2)14(11(3)7-9)13(8-15)16-12-4-5-12/h6-7,12-13,16H,4-5,8,15H2,1-3H3. The Balaban J connectivity index is 2.28. The number of nitrogens with one attached hydrogen (secondary N) is 1. The molecule has 0 saturated heterocycles. The quantitative estimate of drug-likeness (QED) is 0.814. The van der Waals surface area contributed by atoms with E-state index in [2.05, 4.69) is 38.2 Å². The molecule has 0 bridgehead atoms. The lowest BCUT2D eigenvalue weighted by Gasteiger charge is -2.22. The fraction of sp³-hybridized carbons (Fsp3) is 0.571. The van der Waals surface area contributed by atoms with Crippen LogP contribution in [0.2, 0.25) is 0 Å². The van der Waals surface area contributed by atoms with Crippen LogP contribution in [0.1, 0.15) is 41.1 Å². The van der Waals surface area contributed by atoms with E-state index in [0.29, 0.717) is 18.6 Å². The Bertz CT molecular complexity index is 357. The van der Waals surface area contributed by atoms with Crippen LogP contribution in [0.3, 0.4) is 0 Å². The predicted molar refractivity (Wildman–Crippen MR) is 68.6 cm³/mol. The first kappa shape index (κ1) is 11.6. The molecule has 1 atom stereocenters. The molecule has 0 spiro atoms. The summed E-state index contributed by atoms with van der Waals surface area (Å²) in [5, 5.41) is 3.63. The SMILES string of the molecule is Cc1cc(C)c(C(CN)NC2CC2)c(C)c1. The molecule has 2 nitrogen and oxygen atoms in total. The zero-order valence-corrected chi connectivity index (χ0v) is 10.5. The molecule has 3 N–H and O–H groups in total. The van der Waals surface area contributed by atoms with Crippen LogP contribution in [0.25, 0.3) is 0 Å². The van der Waals surface area contributed by atoms with Gasteiger partial charge in [0.1, 0.15) is 0 Å². The molecule has 1 aromatic rings. The number of aryl methyl sites for hydroxylation is 3. The van der Waals surface area contributed by atoms with Crippen molar-refractivity contribution in [2.75, 3.05) is 6.54 Å². The molecular formula is C14H22N2. The topological polar surface area (TPSA) is 38.0 Å². The van der Waals surface area contributed by atoms with Crippen molar-refractivity contribution in [3.63, 3.8) is 0 Å². The summed E-state index contributed by atoms with van der Waals surface area (Å²) < 4.78 is 0. The van der Waals surface area contributed by atoms with Crippen LogP contribution in [-0.4, -0.2) is 12.6 Å². The van der Waals surface area contributed by atoms with E-state index in [9.17, 15) is 0 Å². The second-order valence-corrected chi connectivity index (χ2v) is 5.04. The van der Waals surface area contributed by atoms with Gasteiger partial charge in [-0.15, -0.1) is 0 Å². The van der Waals surface area contributed by atoms with Gasteiger partial charge in [0, 0.05) is 18.6 Å². The molecule has 1 aliphatic rings. The van der Waals surface area contributed by atoms with Crippen molar-refractivity contribution in [3.8, 4) is 0 Å². The van der Waals surface area contributed by atoms with Crippen molar-refractivity contribution in [2.24, 2.45) is 5.73 Å². The molecule has 0 aliphatic heterocycles. The minimum atomic E-state index is 0.327. The molecule has 1 saturated carbocycles. The molecule has 2 rings (SSSR count). The van der Waals surface area contributed by atoms with E-state index in [1.807, 2.05) is 0 Å². The van der Waals surface area contributed by atoms with Gasteiger partial charge in [0.15, 0.2) is 0 Å². The highest BCUT2D eigenvalue weighted by Gasteiger charge is 2.26. The molecule has 1 fully saturated rings. The number of benzene rings is 1. The summed E-state index contributed by atoms with van der Waals surface area (Å²) >= 11 is 0. The normalized spacial score (nSPS) is 17.5. The average Bonchev–Trinajstić information content (AvgIpc) is 2.98. The smallest absolute Gasteiger partial charge is 0.0451 e. The van der Waals surface area contributed by atoms with Crippen molar-refractivity contribution in [3.05, 3.63) is 34.4 Å². The molecule has 0 radical (unpaired) electrons. The fourth-order valence-electron chi connectivity index (χ4n) is 2.54. The molecule has 0 aromatic heterocycles. The van der Waals surface area contributed by atoms with Crippen LogP contribution in [0.5, 0.6) is 0 Å². The van der Waals surface area contributed by atoms with Crippen molar-refractivity contribution in [1.29, 1.82) is 0 Å². The minimum absolute atomic E-state index is 0.327. The summed E-state index contributed by atoms with van der Waals surface area (Å²) in [6.45, 7) is 7.20. The van der Waals surface area contributed by atoms with Gasteiger partial charge in [0.05, 0.1) is 0 Å². The van der Waals surface area contributed by atoms with E-state index < -0.39 is 0 Å². The molecule has 1 aliphatic carbocycles. The minimum Gasteiger partial charge on any atom is -0.329 e. The summed E-state index contributed by atoms with van der Waals surface area (Å²) in [4.78, 5) is 0. The van der Waals surface area contributed by atoms with Crippen molar-refractivity contribution >= 4 is 0 Å². The Morgan fingerprint density at radius 3 is 2.25 bits per heavy atom. The molecule has 1 unspecified atom stereocenters. The summed E-state index contributed by atoms with van der Waals surface area (Å²) in [7, 11) is 0. The first-order valence-corrected chi connectivity index (χ1v) is 6.15. The van der Waals surface area contributed by atoms with Crippen LogP contribution in [0.4, 0.5) is 0 Å². The highest BCUT2D eigenvalue weighted by molar-refractivity contribution is 5.40. The first-order chi connectivity index (χ1) is 7.61. The lowest BCUT2D eigenvalue weighted by atomic mass is 9.94. The summed E-state index contributed by atoms with van der Waals surface area (Å²) in [6, 6.07) is 5.53. The summed E-state index contributed by atoms with van der Waals surface area (Å²) in [5.74, 6) is 0. The van der Waals surface area contributed by atoms with E-state index >= 15 is 0 Å². The van der Waals surface area contributed by atoms with Gasteiger partial charge < -0.3 is 11.1 Å². The van der Waals surface area contributed by atoms with E-state index in [1.54, 1.807) is 0 Å².